The summed E-state index contributed by atoms with van der Waals surface area (Å²) in [4.78, 5) is 17.8. The highest BCUT2D eigenvalue weighted by molar-refractivity contribution is 7.15. The molecule has 1 aromatic heterocycles. The maximum Gasteiger partial charge on any atom is 0.321 e. The van der Waals surface area contributed by atoms with E-state index in [1.54, 1.807) is 11.3 Å². The Morgan fingerprint density at radius 1 is 1.33 bits per heavy atom. The van der Waals surface area contributed by atoms with Gasteiger partial charge in [-0.2, -0.15) is 0 Å². The molecule has 0 aliphatic heterocycles. The van der Waals surface area contributed by atoms with E-state index in [0.717, 1.165) is 18.4 Å². The largest absolute Gasteiger partial charge is 0.334 e. The lowest BCUT2D eigenvalue weighted by Gasteiger charge is -2.06. The van der Waals surface area contributed by atoms with Crippen LogP contribution in [0.4, 0.5) is 9.93 Å². The van der Waals surface area contributed by atoms with Crippen molar-refractivity contribution in [3.63, 3.8) is 0 Å². The van der Waals surface area contributed by atoms with E-state index in [2.05, 4.69) is 21.7 Å². The number of amides is 2. The zero-order chi connectivity index (χ0) is 14.7. The van der Waals surface area contributed by atoms with Gasteiger partial charge in [0.25, 0.3) is 0 Å². The molecule has 1 heterocycles. The summed E-state index contributed by atoms with van der Waals surface area (Å²) >= 11 is 1.60. The molecule has 0 unspecified atom stereocenters. The number of benzene rings is 1. The van der Waals surface area contributed by atoms with Gasteiger partial charge in [-0.25, -0.2) is 9.78 Å². The number of aromatic nitrogens is 1. The van der Waals surface area contributed by atoms with Gasteiger partial charge in [-0.05, 0) is 38.2 Å². The molecular weight excluding hydrogens is 282 g/mol. The van der Waals surface area contributed by atoms with Crippen molar-refractivity contribution in [3.05, 3.63) is 46.0 Å². The molecule has 4 nitrogen and oxygen atoms in total. The second-order valence-electron chi connectivity index (χ2n) is 5.39. The molecule has 0 saturated heterocycles. The van der Waals surface area contributed by atoms with E-state index in [0.29, 0.717) is 11.7 Å². The minimum absolute atomic E-state index is 0.192. The summed E-state index contributed by atoms with van der Waals surface area (Å²) in [6, 6.07) is 7.93. The van der Waals surface area contributed by atoms with Crippen LogP contribution in [0.2, 0.25) is 0 Å². The summed E-state index contributed by atoms with van der Waals surface area (Å²) in [5.74, 6) is 0. The smallest absolute Gasteiger partial charge is 0.321 e. The molecule has 5 heteroatoms. The highest BCUT2D eigenvalue weighted by Gasteiger charge is 2.16. The quantitative estimate of drug-likeness (QED) is 0.909. The lowest BCUT2D eigenvalue weighted by Crippen LogP contribution is -2.28. The molecule has 0 radical (unpaired) electrons. The molecule has 0 fully saturated rings. The summed E-state index contributed by atoms with van der Waals surface area (Å²) in [6.07, 6.45) is 4.57. The van der Waals surface area contributed by atoms with Gasteiger partial charge < -0.3 is 5.32 Å². The number of nitrogens with zero attached hydrogens (tertiary/aromatic N) is 1. The van der Waals surface area contributed by atoms with Gasteiger partial charge in [-0.15, -0.1) is 11.3 Å². The minimum Gasteiger partial charge on any atom is -0.334 e. The lowest BCUT2D eigenvalue weighted by atomic mass is 10.0. The first-order chi connectivity index (χ1) is 10.2. The summed E-state index contributed by atoms with van der Waals surface area (Å²) in [5.41, 5.74) is 3.46. The molecule has 0 spiro atoms. The fraction of sp³-hybridized carbons (Fsp3) is 0.375. The molecule has 1 aliphatic carbocycles. The first kappa shape index (κ1) is 14.1. The Morgan fingerprint density at radius 2 is 2.19 bits per heavy atom. The average molecular weight is 301 g/mol. The van der Waals surface area contributed by atoms with Crippen molar-refractivity contribution in [2.24, 2.45) is 0 Å². The van der Waals surface area contributed by atoms with Gasteiger partial charge in [0.2, 0.25) is 0 Å². The fourth-order valence-corrected chi connectivity index (χ4v) is 3.60. The summed E-state index contributed by atoms with van der Waals surface area (Å²) < 4.78 is 0. The Morgan fingerprint density at radius 3 is 3.00 bits per heavy atom. The number of fused-ring (bicyclic) bond motifs is 1. The molecule has 2 N–H and O–H groups in total. The standard InChI is InChI=1S/C16H19N3OS/c1-11-5-4-6-12(9-11)10-17-15(20)19-16-18-13-7-2-3-8-14(13)21-16/h4-6,9H,2-3,7-8,10H2,1H3,(H2,17,18,19,20). The number of anilines is 1. The number of hydrogen-bond donors (Lipinski definition) is 2. The third kappa shape index (κ3) is 3.61. The van der Waals surface area contributed by atoms with Crippen LogP contribution < -0.4 is 10.6 Å². The number of rotatable bonds is 3. The molecule has 2 amide bonds. The van der Waals surface area contributed by atoms with Crippen molar-refractivity contribution in [2.75, 3.05) is 5.32 Å². The van der Waals surface area contributed by atoms with Crippen LogP contribution in [0.5, 0.6) is 0 Å². The van der Waals surface area contributed by atoms with Gasteiger partial charge in [0.1, 0.15) is 0 Å². The Bertz CT molecular complexity index is 627. The van der Waals surface area contributed by atoms with Gasteiger partial charge in [-0.3, -0.25) is 5.32 Å². The molecule has 0 bridgehead atoms. The fourth-order valence-electron chi connectivity index (χ4n) is 2.55. The van der Waals surface area contributed by atoms with Crippen molar-refractivity contribution in [2.45, 2.75) is 39.2 Å². The normalized spacial score (nSPS) is 13.6. The Balaban J connectivity index is 1.55. The predicted molar refractivity (Wildman–Crippen MR) is 85.8 cm³/mol. The van der Waals surface area contributed by atoms with Crippen LogP contribution >= 0.6 is 11.3 Å². The summed E-state index contributed by atoms with van der Waals surface area (Å²) in [6.45, 7) is 2.57. The molecule has 0 saturated carbocycles. The van der Waals surface area contributed by atoms with Crippen LogP contribution in [-0.4, -0.2) is 11.0 Å². The van der Waals surface area contributed by atoms with E-state index in [-0.39, 0.29) is 6.03 Å². The highest BCUT2D eigenvalue weighted by Crippen LogP contribution is 2.29. The van der Waals surface area contributed by atoms with Crippen LogP contribution in [0, 0.1) is 6.92 Å². The third-order valence-corrected chi connectivity index (χ3v) is 4.67. The van der Waals surface area contributed by atoms with Crippen LogP contribution in [0.15, 0.2) is 24.3 Å². The molecule has 2 aromatic rings. The lowest BCUT2D eigenvalue weighted by molar-refractivity contribution is 0.251. The molecule has 1 aromatic carbocycles. The van der Waals surface area contributed by atoms with Gasteiger partial charge in [0, 0.05) is 11.4 Å². The number of urea groups is 1. The number of aryl methyl sites for hydroxylation is 3. The zero-order valence-electron chi connectivity index (χ0n) is 12.1. The number of thiazole rings is 1. The molecule has 1 aliphatic rings. The number of hydrogen-bond acceptors (Lipinski definition) is 3. The molecular formula is C16H19N3OS. The van der Waals surface area contributed by atoms with Crippen LogP contribution in [0.25, 0.3) is 0 Å². The van der Waals surface area contributed by atoms with Gasteiger partial charge in [0.05, 0.1) is 5.69 Å². The Hall–Kier alpha value is -1.88. The van der Waals surface area contributed by atoms with Crippen LogP contribution in [0.1, 0.15) is 34.5 Å². The highest BCUT2D eigenvalue weighted by atomic mass is 32.1. The summed E-state index contributed by atoms with van der Waals surface area (Å²) in [7, 11) is 0. The van der Waals surface area contributed by atoms with E-state index in [4.69, 9.17) is 0 Å². The molecule has 3 rings (SSSR count). The SMILES string of the molecule is Cc1cccc(CNC(=O)Nc2nc3c(s2)CCCC3)c1. The predicted octanol–water partition coefficient (Wildman–Crippen LogP) is 3.65. The first-order valence-electron chi connectivity index (χ1n) is 7.30. The second-order valence-corrected chi connectivity index (χ2v) is 6.48. The molecule has 110 valence electrons. The second kappa shape index (κ2) is 6.26. The van der Waals surface area contributed by atoms with E-state index in [1.807, 2.05) is 25.1 Å². The number of carbonyl (C=O) groups is 1. The van der Waals surface area contributed by atoms with E-state index >= 15 is 0 Å². The van der Waals surface area contributed by atoms with Crippen molar-refractivity contribution in [1.29, 1.82) is 0 Å². The van der Waals surface area contributed by atoms with Crippen molar-refractivity contribution >= 4 is 22.5 Å². The molecule has 0 atom stereocenters. The first-order valence-corrected chi connectivity index (χ1v) is 8.11. The maximum atomic E-state index is 11.9. The average Bonchev–Trinajstić information content (AvgIpc) is 2.87. The number of carbonyl (C=O) groups excluding carboxylic acids is 1. The number of nitrogens with one attached hydrogen (secondary N) is 2. The Kier molecular flexibility index (Phi) is 4.20. The maximum absolute atomic E-state index is 11.9. The van der Waals surface area contributed by atoms with Gasteiger partial charge in [-0.1, -0.05) is 29.8 Å². The van der Waals surface area contributed by atoms with Crippen LogP contribution in [-0.2, 0) is 19.4 Å². The van der Waals surface area contributed by atoms with E-state index in [1.165, 1.54) is 29.0 Å². The summed E-state index contributed by atoms with van der Waals surface area (Å²) in [5, 5.41) is 6.42. The minimum atomic E-state index is -0.192. The topological polar surface area (TPSA) is 54.0 Å². The van der Waals surface area contributed by atoms with Crippen molar-refractivity contribution < 1.29 is 4.79 Å². The molecule has 21 heavy (non-hydrogen) atoms. The Labute approximate surface area is 128 Å². The van der Waals surface area contributed by atoms with Crippen molar-refractivity contribution in [3.8, 4) is 0 Å². The van der Waals surface area contributed by atoms with Crippen LogP contribution in [0.3, 0.4) is 0 Å². The van der Waals surface area contributed by atoms with Crippen molar-refractivity contribution in [1.82, 2.24) is 10.3 Å². The van der Waals surface area contributed by atoms with Gasteiger partial charge >= 0.3 is 6.03 Å². The third-order valence-electron chi connectivity index (χ3n) is 3.60. The van der Waals surface area contributed by atoms with E-state index in [9.17, 15) is 4.79 Å². The zero-order valence-corrected chi connectivity index (χ0v) is 12.9. The van der Waals surface area contributed by atoms with E-state index < -0.39 is 0 Å². The monoisotopic (exact) mass is 301 g/mol. The van der Waals surface area contributed by atoms with Gasteiger partial charge in [0.15, 0.2) is 5.13 Å².